The number of hydrogen-bond donors (Lipinski definition) is 1. The van der Waals surface area contributed by atoms with E-state index in [9.17, 15) is 0 Å². The first-order valence-electron chi connectivity index (χ1n) is 7.42. The third kappa shape index (κ3) is 3.64. The molecule has 4 nitrogen and oxygen atoms in total. The molecule has 4 heteroatoms. The number of aromatic nitrogens is 3. The number of nitrogens with zero attached hydrogens (tertiary/aromatic N) is 3. The fourth-order valence-electron chi connectivity index (χ4n) is 2.65. The van der Waals surface area contributed by atoms with E-state index in [1.165, 1.54) is 5.56 Å². The van der Waals surface area contributed by atoms with Crippen molar-refractivity contribution in [2.24, 2.45) is 5.92 Å². The summed E-state index contributed by atoms with van der Waals surface area (Å²) in [6.07, 6.45) is 4.65. The fraction of sp³-hybridized carbons (Fsp3) is 0.471. The molecule has 0 fully saturated rings. The zero-order valence-electron chi connectivity index (χ0n) is 13.6. The highest BCUT2D eigenvalue weighted by atomic mass is 14.9. The highest BCUT2D eigenvalue weighted by Crippen LogP contribution is 2.22. The van der Waals surface area contributed by atoms with E-state index in [-0.39, 0.29) is 0 Å². The lowest BCUT2D eigenvalue weighted by Gasteiger charge is -2.15. The normalized spacial score (nSPS) is 12.4. The molecule has 1 N–H and O–H groups in total. The molecule has 0 aliphatic rings. The Balaban J connectivity index is 2.35. The van der Waals surface area contributed by atoms with Crippen LogP contribution in [0.4, 0.5) is 0 Å². The minimum Gasteiger partial charge on any atom is -0.319 e. The number of pyridine rings is 1. The van der Waals surface area contributed by atoms with Gasteiger partial charge in [0.05, 0.1) is 0 Å². The van der Waals surface area contributed by atoms with Crippen LogP contribution in [-0.4, -0.2) is 28.5 Å². The second kappa shape index (κ2) is 6.76. The molecule has 0 saturated heterocycles. The average Bonchev–Trinajstić information content (AvgIpc) is 2.43. The molecule has 0 saturated carbocycles. The SMILES string of the molecule is CNCC(C)Cc1c(C)nc(-c2ccncc2C)nc1C. The van der Waals surface area contributed by atoms with E-state index >= 15 is 0 Å². The maximum Gasteiger partial charge on any atom is 0.160 e. The predicted octanol–water partition coefficient (Wildman–Crippen LogP) is 2.86. The fourth-order valence-corrected chi connectivity index (χ4v) is 2.65. The largest absolute Gasteiger partial charge is 0.319 e. The number of rotatable bonds is 5. The summed E-state index contributed by atoms with van der Waals surface area (Å²) in [6.45, 7) is 9.45. The molecule has 0 spiro atoms. The van der Waals surface area contributed by atoms with Gasteiger partial charge in [-0.05, 0) is 63.9 Å². The standard InChI is InChI=1S/C17H24N4/c1-11(9-18-5)8-16-13(3)20-17(21-14(16)4)15-6-7-19-10-12(15)2/h6-7,10-11,18H,8-9H2,1-5H3. The Bertz CT molecular complexity index is 599. The van der Waals surface area contributed by atoms with Gasteiger partial charge in [0.1, 0.15) is 0 Å². The van der Waals surface area contributed by atoms with Crippen molar-refractivity contribution in [1.29, 1.82) is 0 Å². The first-order valence-corrected chi connectivity index (χ1v) is 7.42. The number of hydrogen-bond acceptors (Lipinski definition) is 4. The van der Waals surface area contributed by atoms with Crippen LogP contribution in [0.3, 0.4) is 0 Å². The third-order valence-electron chi connectivity index (χ3n) is 3.79. The van der Waals surface area contributed by atoms with Crippen LogP contribution in [0.25, 0.3) is 11.4 Å². The first-order chi connectivity index (χ1) is 10.0. The van der Waals surface area contributed by atoms with Gasteiger partial charge in [-0.1, -0.05) is 6.92 Å². The molecular weight excluding hydrogens is 260 g/mol. The molecular formula is C17H24N4. The molecule has 0 bridgehead atoms. The van der Waals surface area contributed by atoms with Crippen molar-refractivity contribution in [2.75, 3.05) is 13.6 Å². The van der Waals surface area contributed by atoms with Gasteiger partial charge in [0.25, 0.3) is 0 Å². The Labute approximate surface area is 127 Å². The second-order valence-electron chi connectivity index (χ2n) is 5.75. The van der Waals surface area contributed by atoms with Gasteiger partial charge in [0, 0.05) is 29.3 Å². The van der Waals surface area contributed by atoms with Crippen LogP contribution in [0.5, 0.6) is 0 Å². The lowest BCUT2D eigenvalue weighted by molar-refractivity contribution is 0.537. The Morgan fingerprint density at radius 1 is 1.14 bits per heavy atom. The molecule has 0 aromatic carbocycles. The molecule has 0 aliphatic heterocycles. The van der Waals surface area contributed by atoms with Crippen molar-refractivity contribution in [3.8, 4) is 11.4 Å². The van der Waals surface area contributed by atoms with Crippen LogP contribution in [0.1, 0.15) is 29.4 Å². The van der Waals surface area contributed by atoms with E-state index in [1.807, 2.05) is 26.2 Å². The molecule has 0 aliphatic carbocycles. The van der Waals surface area contributed by atoms with Crippen molar-refractivity contribution >= 4 is 0 Å². The smallest absolute Gasteiger partial charge is 0.160 e. The lowest BCUT2D eigenvalue weighted by Crippen LogP contribution is -2.19. The van der Waals surface area contributed by atoms with Gasteiger partial charge in [-0.2, -0.15) is 0 Å². The third-order valence-corrected chi connectivity index (χ3v) is 3.79. The molecule has 1 atom stereocenters. The van der Waals surface area contributed by atoms with E-state index in [2.05, 4.69) is 31.1 Å². The Morgan fingerprint density at radius 2 is 1.81 bits per heavy atom. The van der Waals surface area contributed by atoms with Crippen molar-refractivity contribution in [3.05, 3.63) is 41.0 Å². The van der Waals surface area contributed by atoms with Gasteiger partial charge in [0.15, 0.2) is 5.82 Å². The molecule has 2 heterocycles. The van der Waals surface area contributed by atoms with E-state index in [0.29, 0.717) is 5.92 Å². The minimum atomic E-state index is 0.574. The van der Waals surface area contributed by atoms with Gasteiger partial charge in [0.2, 0.25) is 0 Å². The van der Waals surface area contributed by atoms with Crippen LogP contribution in [-0.2, 0) is 6.42 Å². The van der Waals surface area contributed by atoms with Crippen LogP contribution in [0.15, 0.2) is 18.5 Å². The van der Waals surface area contributed by atoms with Crippen molar-refractivity contribution < 1.29 is 0 Å². The van der Waals surface area contributed by atoms with Gasteiger partial charge < -0.3 is 5.32 Å². The molecule has 2 aromatic heterocycles. The Morgan fingerprint density at radius 3 is 2.38 bits per heavy atom. The molecule has 0 radical (unpaired) electrons. The van der Waals surface area contributed by atoms with Crippen molar-refractivity contribution in [1.82, 2.24) is 20.3 Å². The average molecular weight is 284 g/mol. The van der Waals surface area contributed by atoms with E-state index in [0.717, 1.165) is 41.3 Å². The summed E-state index contributed by atoms with van der Waals surface area (Å²) < 4.78 is 0. The monoisotopic (exact) mass is 284 g/mol. The zero-order valence-corrected chi connectivity index (χ0v) is 13.6. The second-order valence-corrected chi connectivity index (χ2v) is 5.75. The maximum absolute atomic E-state index is 4.72. The van der Waals surface area contributed by atoms with E-state index in [4.69, 9.17) is 9.97 Å². The topological polar surface area (TPSA) is 50.7 Å². The summed E-state index contributed by atoms with van der Waals surface area (Å²) in [5.74, 6) is 1.37. The van der Waals surface area contributed by atoms with Crippen molar-refractivity contribution in [3.63, 3.8) is 0 Å². The summed E-state index contributed by atoms with van der Waals surface area (Å²) in [5, 5.41) is 3.22. The quantitative estimate of drug-likeness (QED) is 0.917. The van der Waals surface area contributed by atoms with E-state index in [1.54, 1.807) is 6.20 Å². The number of aryl methyl sites for hydroxylation is 3. The molecule has 0 amide bonds. The maximum atomic E-state index is 4.72. The lowest BCUT2D eigenvalue weighted by atomic mass is 9.98. The predicted molar refractivity (Wildman–Crippen MR) is 86.3 cm³/mol. The summed E-state index contributed by atoms with van der Waals surface area (Å²) in [7, 11) is 1.99. The highest BCUT2D eigenvalue weighted by Gasteiger charge is 2.13. The highest BCUT2D eigenvalue weighted by molar-refractivity contribution is 5.59. The summed E-state index contributed by atoms with van der Waals surface area (Å²) in [5.41, 5.74) is 5.60. The molecule has 21 heavy (non-hydrogen) atoms. The Kier molecular flexibility index (Phi) is 5.02. The van der Waals surface area contributed by atoms with Gasteiger partial charge in [-0.25, -0.2) is 9.97 Å². The van der Waals surface area contributed by atoms with Gasteiger partial charge in [-0.15, -0.1) is 0 Å². The van der Waals surface area contributed by atoms with E-state index < -0.39 is 0 Å². The molecule has 1 unspecified atom stereocenters. The first kappa shape index (κ1) is 15.6. The van der Waals surface area contributed by atoms with Crippen LogP contribution in [0, 0.1) is 26.7 Å². The summed E-state index contributed by atoms with van der Waals surface area (Å²) in [4.78, 5) is 13.6. The summed E-state index contributed by atoms with van der Waals surface area (Å²) in [6, 6.07) is 1.98. The molecule has 2 aromatic rings. The molecule has 2 rings (SSSR count). The summed E-state index contributed by atoms with van der Waals surface area (Å²) >= 11 is 0. The molecule has 112 valence electrons. The minimum absolute atomic E-state index is 0.574. The Hall–Kier alpha value is -1.81. The van der Waals surface area contributed by atoms with Crippen LogP contribution in [0.2, 0.25) is 0 Å². The zero-order chi connectivity index (χ0) is 15.4. The van der Waals surface area contributed by atoms with Crippen LogP contribution < -0.4 is 5.32 Å². The van der Waals surface area contributed by atoms with Gasteiger partial charge in [-0.3, -0.25) is 4.98 Å². The van der Waals surface area contributed by atoms with Crippen molar-refractivity contribution in [2.45, 2.75) is 34.1 Å². The number of nitrogens with one attached hydrogen (secondary N) is 1. The van der Waals surface area contributed by atoms with Crippen LogP contribution >= 0.6 is 0 Å². The van der Waals surface area contributed by atoms with Gasteiger partial charge >= 0.3 is 0 Å².